The zero-order chi connectivity index (χ0) is 13.3. The Morgan fingerprint density at radius 3 is 2.33 bits per heavy atom. The normalized spacial score (nSPS) is 27.6. The monoisotopic (exact) mass is 271 g/mol. The zero-order valence-corrected chi connectivity index (χ0v) is 11.2. The molecule has 1 aromatic carbocycles. The van der Waals surface area contributed by atoms with Crippen LogP contribution in [0, 0.1) is 0 Å². The summed E-state index contributed by atoms with van der Waals surface area (Å²) in [5, 5.41) is 0. The molecule has 100 valence electrons. The number of nitrogens with two attached hydrogens (primary N) is 1. The minimum Gasteiger partial charge on any atom is -0.488 e. The van der Waals surface area contributed by atoms with Gasteiger partial charge in [0.2, 0.25) is 0 Å². The maximum atomic E-state index is 11.3. The molecule has 0 saturated heterocycles. The Balaban J connectivity index is 2.04. The summed E-state index contributed by atoms with van der Waals surface area (Å²) in [7, 11) is -1.56. The van der Waals surface area contributed by atoms with Crippen molar-refractivity contribution in [1.29, 1.82) is 0 Å². The van der Waals surface area contributed by atoms with E-state index in [0.29, 0.717) is 5.75 Å². The van der Waals surface area contributed by atoms with Gasteiger partial charge in [-0.3, -0.25) is 0 Å². The van der Waals surface area contributed by atoms with Crippen molar-refractivity contribution in [2.24, 2.45) is 5.73 Å². The van der Waals surface area contributed by atoms with Gasteiger partial charge in [0.05, 0.1) is 4.90 Å². The highest BCUT2D eigenvalue weighted by molar-refractivity contribution is 7.90. The Morgan fingerprint density at radius 1 is 1.28 bits per heavy atom. The third-order valence-electron chi connectivity index (χ3n) is 3.10. The molecule has 6 heteroatoms. The number of benzene rings is 1. The lowest BCUT2D eigenvalue weighted by Crippen LogP contribution is -2.59. The first kappa shape index (κ1) is 13.3. The van der Waals surface area contributed by atoms with E-state index >= 15 is 0 Å². The van der Waals surface area contributed by atoms with Crippen LogP contribution < -0.4 is 10.5 Å². The Morgan fingerprint density at radius 2 is 1.89 bits per heavy atom. The number of methoxy groups -OCH3 is 1. The highest BCUT2D eigenvalue weighted by atomic mass is 32.2. The average Bonchev–Trinajstić information content (AvgIpc) is 2.28. The van der Waals surface area contributed by atoms with Gasteiger partial charge < -0.3 is 15.2 Å². The van der Waals surface area contributed by atoms with Crippen LogP contribution in [0.1, 0.15) is 6.42 Å². The van der Waals surface area contributed by atoms with Crippen LogP contribution in [0.5, 0.6) is 5.75 Å². The fourth-order valence-corrected chi connectivity index (χ4v) is 2.63. The molecular formula is C12H17NO4S. The molecule has 1 saturated carbocycles. The first-order valence-electron chi connectivity index (χ1n) is 5.67. The molecule has 5 nitrogen and oxygen atoms in total. The van der Waals surface area contributed by atoms with Crippen LogP contribution in [-0.2, 0) is 14.6 Å². The number of hydrogen-bond donors (Lipinski definition) is 1. The largest absolute Gasteiger partial charge is 0.488 e. The predicted molar refractivity (Wildman–Crippen MR) is 67.4 cm³/mol. The van der Waals surface area contributed by atoms with Gasteiger partial charge in [0.1, 0.15) is 18.0 Å². The lowest BCUT2D eigenvalue weighted by Gasteiger charge is -2.40. The molecule has 0 amide bonds. The molecule has 1 aliphatic rings. The molecule has 0 bridgehead atoms. The first-order valence-corrected chi connectivity index (χ1v) is 7.56. The third-order valence-corrected chi connectivity index (χ3v) is 4.23. The first-order chi connectivity index (χ1) is 8.41. The van der Waals surface area contributed by atoms with E-state index in [2.05, 4.69) is 0 Å². The van der Waals surface area contributed by atoms with Gasteiger partial charge in [0, 0.05) is 25.8 Å². The van der Waals surface area contributed by atoms with Gasteiger partial charge in [-0.25, -0.2) is 8.42 Å². The Bertz CT molecular complexity index is 511. The molecule has 1 aromatic rings. The maximum absolute atomic E-state index is 11.3. The smallest absolute Gasteiger partial charge is 0.175 e. The molecule has 18 heavy (non-hydrogen) atoms. The van der Waals surface area contributed by atoms with Gasteiger partial charge in [-0.15, -0.1) is 0 Å². The molecule has 0 heterocycles. The van der Waals surface area contributed by atoms with Crippen molar-refractivity contribution in [2.45, 2.75) is 29.6 Å². The maximum Gasteiger partial charge on any atom is 0.175 e. The Kier molecular flexibility index (Phi) is 3.61. The van der Waals surface area contributed by atoms with Gasteiger partial charge in [-0.05, 0) is 24.3 Å². The molecule has 0 aromatic heterocycles. The second-order valence-corrected chi connectivity index (χ2v) is 6.52. The van der Waals surface area contributed by atoms with E-state index in [-0.39, 0.29) is 23.1 Å². The van der Waals surface area contributed by atoms with Crippen LogP contribution in [-0.4, -0.2) is 40.0 Å². The minimum atomic E-state index is -3.16. The summed E-state index contributed by atoms with van der Waals surface area (Å²) in [4.78, 5) is 0.281. The number of hydrogen-bond acceptors (Lipinski definition) is 5. The summed E-state index contributed by atoms with van der Waals surface area (Å²) in [6, 6.07) is 6.37. The van der Waals surface area contributed by atoms with E-state index in [1.807, 2.05) is 0 Å². The van der Waals surface area contributed by atoms with Crippen molar-refractivity contribution in [3.8, 4) is 5.75 Å². The van der Waals surface area contributed by atoms with Gasteiger partial charge in [-0.2, -0.15) is 0 Å². The van der Waals surface area contributed by atoms with E-state index < -0.39 is 9.84 Å². The summed E-state index contributed by atoms with van der Waals surface area (Å²) in [5.74, 6) is 0.626. The summed E-state index contributed by atoms with van der Waals surface area (Å²) < 4.78 is 33.5. The van der Waals surface area contributed by atoms with Crippen molar-refractivity contribution in [3.05, 3.63) is 24.3 Å². The van der Waals surface area contributed by atoms with E-state index in [0.717, 1.165) is 6.42 Å². The van der Waals surface area contributed by atoms with E-state index in [1.165, 1.54) is 18.4 Å². The lowest BCUT2D eigenvalue weighted by atomic mass is 9.86. The fraction of sp³-hybridized carbons (Fsp3) is 0.500. The molecule has 2 rings (SSSR count). The van der Waals surface area contributed by atoms with Gasteiger partial charge in [0.25, 0.3) is 0 Å². The van der Waals surface area contributed by atoms with Crippen molar-refractivity contribution >= 4 is 9.84 Å². The van der Waals surface area contributed by atoms with Crippen LogP contribution in [0.15, 0.2) is 29.2 Å². The number of sulfone groups is 1. The number of ether oxygens (including phenoxy) is 2. The summed E-state index contributed by atoms with van der Waals surface area (Å²) in [5.41, 5.74) is 5.77. The zero-order valence-electron chi connectivity index (χ0n) is 10.4. The van der Waals surface area contributed by atoms with Gasteiger partial charge in [0.15, 0.2) is 9.84 Å². The highest BCUT2D eigenvalue weighted by Gasteiger charge is 2.40. The molecule has 3 unspecified atom stereocenters. The second-order valence-electron chi connectivity index (χ2n) is 4.50. The van der Waals surface area contributed by atoms with Crippen LogP contribution in [0.3, 0.4) is 0 Å². The predicted octanol–water partition coefficient (Wildman–Crippen LogP) is 0.583. The fourth-order valence-electron chi connectivity index (χ4n) is 2.00. The highest BCUT2D eigenvalue weighted by Crippen LogP contribution is 2.27. The van der Waals surface area contributed by atoms with Gasteiger partial charge >= 0.3 is 0 Å². The quantitative estimate of drug-likeness (QED) is 0.866. The van der Waals surface area contributed by atoms with E-state index in [4.69, 9.17) is 15.2 Å². The van der Waals surface area contributed by atoms with Crippen molar-refractivity contribution in [1.82, 2.24) is 0 Å². The Labute approximate surface area is 107 Å². The summed E-state index contributed by atoms with van der Waals surface area (Å²) >= 11 is 0. The van der Waals surface area contributed by atoms with Crippen LogP contribution in [0.25, 0.3) is 0 Å². The molecule has 0 radical (unpaired) electrons. The number of rotatable bonds is 4. The molecule has 2 N–H and O–H groups in total. The second kappa shape index (κ2) is 4.87. The topological polar surface area (TPSA) is 78.6 Å². The third kappa shape index (κ3) is 2.66. The van der Waals surface area contributed by atoms with Crippen molar-refractivity contribution in [2.75, 3.05) is 13.4 Å². The standard InChI is InChI=1S/C12H17NO4S/c1-16-12-10(13)7-11(12)17-8-3-5-9(6-4-8)18(2,14)15/h3-6,10-12H,7,13H2,1-2H3. The molecule has 3 atom stereocenters. The molecule has 1 aliphatic carbocycles. The van der Waals surface area contributed by atoms with E-state index in [9.17, 15) is 8.42 Å². The lowest BCUT2D eigenvalue weighted by molar-refractivity contribution is -0.0782. The van der Waals surface area contributed by atoms with Crippen molar-refractivity contribution < 1.29 is 17.9 Å². The minimum absolute atomic E-state index is 0.00953. The van der Waals surface area contributed by atoms with Crippen LogP contribution in [0.4, 0.5) is 0 Å². The SMILES string of the molecule is COC1C(N)CC1Oc1ccc(S(C)(=O)=O)cc1. The average molecular weight is 271 g/mol. The molecule has 1 fully saturated rings. The van der Waals surface area contributed by atoms with Crippen molar-refractivity contribution in [3.63, 3.8) is 0 Å². The molecular weight excluding hydrogens is 254 g/mol. The van der Waals surface area contributed by atoms with Crippen LogP contribution >= 0.6 is 0 Å². The summed E-state index contributed by atoms with van der Waals surface area (Å²) in [6.07, 6.45) is 1.76. The Hall–Kier alpha value is -1.11. The van der Waals surface area contributed by atoms with Gasteiger partial charge in [-0.1, -0.05) is 0 Å². The van der Waals surface area contributed by atoms with E-state index in [1.54, 1.807) is 19.2 Å². The molecule has 0 spiro atoms. The molecule has 0 aliphatic heterocycles. The van der Waals surface area contributed by atoms with Crippen LogP contribution in [0.2, 0.25) is 0 Å². The summed E-state index contributed by atoms with van der Waals surface area (Å²) in [6.45, 7) is 0.